The first kappa shape index (κ1) is 16.2. The van der Waals surface area contributed by atoms with E-state index >= 15 is 0 Å². The van der Waals surface area contributed by atoms with Crippen LogP contribution in [-0.4, -0.2) is 41.0 Å². The molecule has 0 N–H and O–H groups in total. The average molecular weight is 328 g/mol. The van der Waals surface area contributed by atoms with Crippen LogP contribution in [0.25, 0.3) is 0 Å². The highest BCUT2D eigenvalue weighted by Gasteiger charge is 2.62. The highest BCUT2D eigenvalue weighted by atomic mass is 16.5. The van der Waals surface area contributed by atoms with E-state index in [-0.39, 0.29) is 37.3 Å². The Morgan fingerprint density at radius 2 is 2.08 bits per heavy atom. The Labute approximate surface area is 140 Å². The zero-order valence-electron chi connectivity index (χ0n) is 13.8. The van der Waals surface area contributed by atoms with Gasteiger partial charge in [0.15, 0.2) is 0 Å². The first-order chi connectivity index (χ1) is 11.4. The van der Waals surface area contributed by atoms with Crippen molar-refractivity contribution < 1.29 is 19.1 Å². The minimum absolute atomic E-state index is 0.0321. The molecule has 2 amide bonds. The van der Waals surface area contributed by atoms with E-state index in [1.54, 1.807) is 24.3 Å². The average Bonchev–Trinajstić information content (AvgIpc) is 2.91. The Morgan fingerprint density at radius 3 is 2.75 bits per heavy atom. The molecule has 6 heteroatoms. The lowest BCUT2D eigenvalue weighted by Crippen LogP contribution is -2.70. The number of hydrogen-bond donors (Lipinski definition) is 0. The summed E-state index contributed by atoms with van der Waals surface area (Å²) in [5.41, 5.74) is -0.522. The topological polar surface area (TPSA) is 66.9 Å². The number of ether oxygens (including phenoxy) is 1. The molecule has 0 radical (unpaired) electrons. The zero-order valence-corrected chi connectivity index (χ0v) is 13.8. The van der Waals surface area contributed by atoms with Crippen LogP contribution in [-0.2, 0) is 14.3 Å². The molecule has 1 aromatic carbocycles. The first-order valence-corrected chi connectivity index (χ1v) is 7.99. The SMILES string of the molecule is C=CCOC(=O)[C@@]12CCC(=O)N1c1ccccc1C(=O)N2C(C)C. The Morgan fingerprint density at radius 1 is 1.38 bits per heavy atom. The summed E-state index contributed by atoms with van der Waals surface area (Å²) in [5.74, 6) is -1.04. The molecule has 126 valence electrons. The van der Waals surface area contributed by atoms with Crippen molar-refractivity contribution in [2.45, 2.75) is 38.4 Å². The van der Waals surface area contributed by atoms with Gasteiger partial charge in [-0.2, -0.15) is 0 Å². The Bertz CT molecular complexity index is 727. The summed E-state index contributed by atoms with van der Waals surface area (Å²) in [4.78, 5) is 41.5. The van der Waals surface area contributed by atoms with Gasteiger partial charge in [0.2, 0.25) is 11.6 Å². The molecule has 1 saturated heterocycles. The molecular weight excluding hydrogens is 308 g/mol. The van der Waals surface area contributed by atoms with E-state index in [9.17, 15) is 14.4 Å². The van der Waals surface area contributed by atoms with Gasteiger partial charge < -0.3 is 9.64 Å². The standard InChI is InChI=1S/C18H20N2O4/c1-4-11-24-17(23)18-10-9-15(21)20(18)14-8-6-5-7-13(14)16(22)19(18)12(2)3/h4-8,12H,1,9-11H2,2-3H3/t18-/m1/s1. The molecule has 1 aromatic rings. The maximum atomic E-state index is 13.1. The van der Waals surface area contributed by atoms with Crippen LogP contribution in [0.5, 0.6) is 0 Å². The molecule has 0 spiro atoms. The zero-order chi connectivity index (χ0) is 17.5. The highest BCUT2D eigenvalue weighted by Crippen LogP contribution is 2.45. The predicted molar refractivity (Wildman–Crippen MR) is 88.4 cm³/mol. The van der Waals surface area contributed by atoms with Crippen molar-refractivity contribution in [3.8, 4) is 0 Å². The Hall–Kier alpha value is -2.63. The predicted octanol–water partition coefficient (Wildman–Crippen LogP) is 2.10. The van der Waals surface area contributed by atoms with E-state index in [0.717, 1.165) is 0 Å². The summed E-state index contributed by atoms with van der Waals surface area (Å²) in [5, 5.41) is 0. The number of rotatable bonds is 4. The summed E-state index contributed by atoms with van der Waals surface area (Å²) in [6.07, 6.45) is 1.88. The lowest BCUT2D eigenvalue weighted by atomic mass is 9.95. The summed E-state index contributed by atoms with van der Waals surface area (Å²) in [6, 6.07) is 6.61. The summed E-state index contributed by atoms with van der Waals surface area (Å²) >= 11 is 0. The second-order valence-electron chi connectivity index (χ2n) is 6.22. The number of fused-ring (bicyclic) bond motifs is 3. The third-order valence-corrected chi connectivity index (χ3v) is 4.48. The molecule has 2 aliphatic heterocycles. The van der Waals surface area contributed by atoms with Crippen LogP contribution < -0.4 is 4.90 Å². The van der Waals surface area contributed by atoms with Gasteiger partial charge in [0, 0.05) is 18.9 Å². The fourth-order valence-electron chi connectivity index (χ4n) is 3.62. The van der Waals surface area contributed by atoms with Gasteiger partial charge in [0.25, 0.3) is 5.91 Å². The van der Waals surface area contributed by atoms with Gasteiger partial charge in [0.05, 0.1) is 11.3 Å². The number of nitrogens with zero attached hydrogens (tertiary/aromatic N) is 2. The van der Waals surface area contributed by atoms with Crippen LogP contribution in [0.3, 0.4) is 0 Å². The van der Waals surface area contributed by atoms with E-state index in [1.807, 2.05) is 13.8 Å². The largest absolute Gasteiger partial charge is 0.458 e. The number of hydrogen-bond acceptors (Lipinski definition) is 4. The van der Waals surface area contributed by atoms with Crippen LogP contribution in [0, 0.1) is 0 Å². The van der Waals surface area contributed by atoms with Crippen molar-refractivity contribution in [1.82, 2.24) is 4.90 Å². The second kappa shape index (κ2) is 5.78. The first-order valence-electron chi connectivity index (χ1n) is 7.99. The molecule has 2 heterocycles. The van der Waals surface area contributed by atoms with Gasteiger partial charge in [-0.1, -0.05) is 24.8 Å². The molecule has 24 heavy (non-hydrogen) atoms. The van der Waals surface area contributed by atoms with Gasteiger partial charge in [-0.25, -0.2) is 4.79 Å². The van der Waals surface area contributed by atoms with Crippen molar-refractivity contribution in [2.75, 3.05) is 11.5 Å². The van der Waals surface area contributed by atoms with Crippen molar-refractivity contribution in [3.05, 3.63) is 42.5 Å². The van der Waals surface area contributed by atoms with Gasteiger partial charge in [0.1, 0.15) is 6.61 Å². The molecule has 1 atom stereocenters. The summed E-state index contributed by atoms with van der Waals surface area (Å²) < 4.78 is 5.28. The molecule has 6 nitrogen and oxygen atoms in total. The molecule has 2 aliphatic rings. The lowest BCUT2D eigenvalue weighted by molar-refractivity contribution is -0.157. The van der Waals surface area contributed by atoms with Crippen LogP contribution in [0.1, 0.15) is 37.0 Å². The van der Waals surface area contributed by atoms with Gasteiger partial charge in [-0.05, 0) is 26.0 Å². The van der Waals surface area contributed by atoms with E-state index in [2.05, 4.69) is 6.58 Å². The minimum atomic E-state index is -1.42. The Kier molecular flexibility index (Phi) is 3.91. The van der Waals surface area contributed by atoms with Crippen molar-refractivity contribution in [1.29, 1.82) is 0 Å². The number of amides is 2. The molecule has 0 saturated carbocycles. The summed E-state index contributed by atoms with van der Waals surface area (Å²) in [7, 11) is 0. The van der Waals surface area contributed by atoms with E-state index in [1.165, 1.54) is 15.9 Å². The van der Waals surface area contributed by atoms with Crippen LogP contribution >= 0.6 is 0 Å². The molecular formula is C18H20N2O4. The van der Waals surface area contributed by atoms with E-state index < -0.39 is 11.6 Å². The number of esters is 1. The summed E-state index contributed by atoms with van der Waals surface area (Å²) in [6.45, 7) is 7.23. The quantitative estimate of drug-likeness (QED) is 0.627. The van der Waals surface area contributed by atoms with Crippen LogP contribution in [0.4, 0.5) is 5.69 Å². The van der Waals surface area contributed by atoms with Crippen LogP contribution in [0.2, 0.25) is 0 Å². The normalized spacial score (nSPS) is 22.5. The minimum Gasteiger partial charge on any atom is -0.458 e. The van der Waals surface area contributed by atoms with E-state index in [4.69, 9.17) is 4.74 Å². The van der Waals surface area contributed by atoms with Gasteiger partial charge in [-0.15, -0.1) is 0 Å². The highest BCUT2D eigenvalue weighted by molar-refractivity contribution is 6.15. The molecule has 0 bridgehead atoms. The fraction of sp³-hybridized carbons (Fsp3) is 0.389. The van der Waals surface area contributed by atoms with Crippen molar-refractivity contribution >= 4 is 23.5 Å². The maximum absolute atomic E-state index is 13.1. The van der Waals surface area contributed by atoms with Crippen molar-refractivity contribution in [3.63, 3.8) is 0 Å². The van der Waals surface area contributed by atoms with Crippen molar-refractivity contribution in [2.24, 2.45) is 0 Å². The number of benzene rings is 1. The van der Waals surface area contributed by atoms with E-state index in [0.29, 0.717) is 11.3 Å². The molecule has 1 fully saturated rings. The number of carbonyl (C=O) groups excluding carboxylic acids is 3. The monoisotopic (exact) mass is 328 g/mol. The fourth-order valence-corrected chi connectivity index (χ4v) is 3.62. The second-order valence-corrected chi connectivity index (χ2v) is 6.22. The van der Waals surface area contributed by atoms with Gasteiger partial charge >= 0.3 is 5.97 Å². The van der Waals surface area contributed by atoms with Gasteiger partial charge in [-0.3, -0.25) is 14.5 Å². The number of anilines is 1. The molecule has 0 aromatic heterocycles. The Balaban J connectivity index is 2.22. The molecule has 0 unspecified atom stereocenters. The molecule has 3 rings (SSSR count). The number of para-hydroxylation sites is 1. The smallest absolute Gasteiger partial charge is 0.354 e. The number of carbonyl (C=O) groups is 3. The third-order valence-electron chi connectivity index (χ3n) is 4.48. The third kappa shape index (κ3) is 2.06. The van der Waals surface area contributed by atoms with Crippen LogP contribution in [0.15, 0.2) is 36.9 Å². The lowest BCUT2D eigenvalue weighted by Gasteiger charge is -2.50. The maximum Gasteiger partial charge on any atom is 0.354 e. The molecule has 0 aliphatic carbocycles.